The van der Waals surface area contributed by atoms with Gasteiger partial charge < -0.3 is 15.5 Å². The van der Waals surface area contributed by atoms with Crippen LogP contribution < -0.4 is 15.5 Å². The predicted molar refractivity (Wildman–Crippen MR) is 116 cm³/mol. The number of thiophene rings is 1. The Labute approximate surface area is 170 Å². The molecule has 1 aliphatic carbocycles. The Morgan fingerprint density at radius 1 is 1.22 bits per heavy atom. The van der Waals surface area contributed by atoms with Crippen LogP contribution in [-0.2, 0) is 5.41 Å². The molecule has 144 valence electrons. The molecule has 1 saturated heterocycles. The molecule has 1 aromatic carbocycles. The first-order valence-corrected chi connectivity index (χ1v) is 11.0. The molecule has 0 unspecified atom stereocenters. The molecule has 2 aliphatic rings. The summed E-state index contributed by atoms with van der Waals surface area (Å²) in [6.45, 7) is 3.12. The van der Waals surface area contributed by atoms with Gasteiger partial charge in [0, 0.05) is 43.2 Å². The molecule has 0 radical (unpaired) electrons. The van der Waals surface area contributed by atoms with Crippen molar-refractivity contribution < 1.29 is 0 Å². The summed E-state index contributed by atoms with van der Waals surface area (Å²) in [6.07, 6.45) is 4.72. The van der Waals surface area contributed by atoms with Crippen molar-refractivity contribution in [1.29, 1.82) is 0 Å². The number of nitrogens with zero attached hydrogens (tertiary/aromatic N) is 2. The normalized spacial score (nSPS) is 19.8. The molecule has 2 heterocycles. The van der Waals surface area contributed by atoms with Gasteiger partial charge in [-0.25, -0.2) is 0 Å². The second kappa shape index (κ2) is 8.11. The molecule has 2 fully saturated rings. The van der Waals surface area contributed by atoms with Crippen LogP contribution in [0.5, 0.6) is 0 Å². The Bertz CT molecular complexity index is 760. The highest BCUT2D eigenvalue weighted by Gasteiger charge is 2.44. The predicted octanol–water partition coefficient (Wildman–Crippen LogP) is 4.27. The molecule has 27 heavy (non-hydrogen) atoms. The van der Waals surface area contributed by atoms with E-state index >= 15 is 0 Å². The summed E-state index contributed by atoms with van der Waals surface area (Å²) >= 11 is 7.86. The number of anilines is 1. The molecule has 0 bridgehead atoms. The van der Waals surface area contributed by atoms with E-state index in [4.69, 9.17) is 11.6 Å². The first kappa shape index (κ1) is 18.6. The molecule has 0 atom stereocenters. The van der Waals surface area contributed by atoms with Gasteiger partial charge in [0.05, 0.1) is 5.00 Å². The molecule has 1 aromatic heterocycles. The maximum Gasteiger partial charge on any atom is 0.191 e. The number of aliphatic imine (C=N–C) groups is 1. The highest BCUT2D eigenvalue weighted by Crippen LogP contribution is 2.47. The number of benzene rings is 1. The Morgan fingerprint density at radius 2 is 1.96 bits per heavy atom. The van der Waals surface area contributed by atoms with Crippen LogP contribution >= 0.6 is 22.9 Å². The quantitative estimate of drug-likeness (QED) is 0.579. The van der Waals surface area contributed by atoms with Gasteiger partial charge in [-0.2, -0.15) is 0 Å². The zero-order chi connectivity index (χ0) is 18.7. The maximum absolute atomic E-state index is 6.04. The second-order valence-electron chi connectivity index (χ2n) is 7.57. The van der Waals surface area contributed by atoms with Crippen LogP contribution in [0.1, 0.15) is 31.2 Å². The van der Waals surface area contributed by atoms with Gasteiger partial charge in [0.2, 0.25) is 0 Å². The van der Waals surface area contributed by atoms with Gasteiger partial charge in [-0.15, -0.1) is 11.3 Å². The van der Waals surface area contributed by atoms with Crippen molar-refractivity contribution in [3.05, 3.63) is 52.4 Å². The fraction of sp³-hybridized carbons (Fsp3) is 0.476. The SMILES string of the molecule is CN=C(NCC1(c2ccc(Cl)cc2)CC1)NC1CCN(c2cccs2)CC1. The van der Waals surface area contributed by atoms with Crippen LogP contribution in [0.3, 0.4) is 0 Å². The summed E-state index contributed by atoms with van der Waals surface area (Å²) in [6, 6.07) is 13.1. The average molecular weight is 403 g/mol. The molecule has 1 aliphatic heterocycles. The van der Waals surface area contributed by atoms with Crippen molar-refractivity contribution in [2.24, 2.45) is 4.99 Å². The highest BCUT2D eigenvalue weighted by molar-refractivity contribution is 7.14. The Hall–Kier alpha value is -1.72. The van der Waals surface area contributed by atoms with Crippen molar-refractivity contribution in [2.45, 2.75) is 37.1 Å². The van der Waals surface area contributed by atoms with Crippen LogP contribution in [0, 0.1) is 0 Å². The van der Waals surface area contributed by atoms with Crippen LogP contribution in [0.15, 0.2) is 46.8 Å². The van der Waals surface area contributed by atoms with E-state index in [9.17, 15) is 0 Å². The molecule has 4 rings (SSSR count). The Balaban J connectivity index is 1.27. The molecular formula is C21H27ClN4S. The molecule has 0 amide bonds. The number of guanidine groups is 1. The van der Waals surface area contributed by atoms with E-state index in [1.165, 1.54) is 23.4 Å². The van der Waals surface area contributed by atoms with E-state index < -0.39 is 0 Å². The van der Waals surface area contributed by atoms with Gasteiger partial charge in [0.1, 0.15) is 0 Å². The summed E-state index contributed by atoms with van der Waals surface area (Å²) < 4.78 is 0. The largest absolute Gasteiger partial charge is 0.363 e. The van der Waals surface area contributed by atoms with Crippen molar-refractivity contribution in [2.75, 3.05) is 31.6 Å². The Morgan fingerprint density at radius 3 is 2.56 bits per heavy atom. The lowest BCUT2D eigenvalue weighted by atomic mass is 9.96. The van der Waals surface area contributed by atoms with E-state index in [0.29, 0.717) is 6.04 Å². The van der Waals surface area contributed by atoms with Gasteiger partial charge in [0.25, 0.3) is 0 Å². The molecule has 2 aromatic rings. The number of halogens is 1. The molecule has 6 heteroatoms. The van der Waals surface area contributed by atoms with Crippen LogP contribution in [0.25, 0.3) is 0 Å². The van der Waals surface area contributed by atoms with Gasteiger partial charge in [0.15, 0.2) is 5.96 Å². The minimum atomic E-state index is 0.241. The minimum absolute atomic E-state index is 0.241. The third kappa shape index (κ3) is 4.41. The van der Waals surface area contributed by atoms with Gasteiger partial charge in [-0.3, -0.25) is 4.99 Å². The van der Waals surface area contributed by atoms with Gasteiger partial charge >= 0.3 is 0 Å². The van der Waals surface area contributed by atoms with Gasteiger partial charge in [-0.1, -0.05) is 23.7 Å². The zero-order valence-corrected chi connectivity index (χ0v) is 17.3. The number of nitrogens with one attached hydrogen (secondary N) is 2. The van der Waals surface area contributed by atoms with E-state index in [1.807, 2.05) is 30.5 Å². The average Bonchev–Trinajstić information content (AvgIpc) is 3.29. The third-order valence-corrected chi connectivity index (χ3v) is 6.96. The monoisotopic (exact) mass is 402 g/mol. The highest BCUT2D eigenvalue weighted by atomic mass is 35.5. The smallest absolute Gasteiger partial charge is 0.191 e. The number of hydrogen-bond acceptors (Lipinski definition) is 3. The summed E-state index contributed by atoms with van der Waals surface area (Å²) in [4.78, 5) is 6.94. The lowest BCUT2D eigenvalue weighted by Gasteiger charge is -2.33. The molecule has 4 nitrogen and oxygen atoms in total. The van der Waals surface area contributed by atoms with Crippen molar-refractivity contribution in [3.63, 3.8) is 0 Å². The number of hydrogen-bond donors (Lipinski definition) is 2. The standard InChI is InChI=1S/C21H27ClN4S/c1-23-20(24-15-21(10-11-21)16-4-6-17(22)7-5-16)25-18-8-12-26(13-9-18)19-3-2-14-27-19/h2-7,14,18H,8-13,15H2,1H3,(H2,23,24,25). The topological polar surface area (TPSA) is 39.7 Å². The lowest BCUT2D eigenvalue weighted by Crippen LogP contribution is -2.49. The van der Waals surface area contributed by atoms with Gasteiger partial charge in [-0.05, 0) is 60.9 Å². The summed E-state index contributed by atoms with van der Waals surface area (Å²) in [5.41, 5.74) is 1.61. The fourth-order valence-corrected chi connectivity index (χ4v) is 4.77. The second-order valence-corrected chi connectivity index (χ2v) is 8.93. The van der Waals surface area contributed by atoms with E-state index in [-0.39, 0.29) is 5.41 Å². The van der Waals surface area contributed by atoms with E-state index in [0.717, 1.165) is 43.5 Å². The fourth-order valence-electron chi connectivity index (χ4n) is 3.86. The van der Waals surface area contributed by atoms with Crippen molar-refractivity contribution in [1.82, 2.24) is 10.6 Å². The molecular weight excluding hydrogens is 376 g/mol. The molecule has 0 spiro atoms. The maximum atomic E-state index is 6.04. The first-order valence-electron chi connectivity index (χ1n) is 9.70. The van der Waals surface area contributed by atoms with Crippen molar-refractivity contribution in [3.8, 4) is 0 Å². The van der Waals surface area contributed by atoms with Crippen LogP contribution in [-0.4, -0.2) is 38.7 Å². The molecule has 1 saturated carbocycles. The first-order chi connectivity index (χ1) is 13.2. The summed E-state index contributed by atoms with van der Waals surface area (Å²) in [5, 5.41) is 11.5. The Kier molecular flexibility index (Phi) is 5.60. The van der Waals surface area contributed by atoms with E-state index in [1.54, 1.807) is 0 Å². The van der Waals surface area contributed by atoms with Crippen LogP contribution in [0.2, 0.25) is 5.02 Å². The minimum Gasteiger partial charge on any atom is -0.363 e. The zero-order valence-electron chi connectivity index (χ0n) is 15.7. The third-order valence-electron chi connectivity index (χ3n) is 5.78. The number of rotatable bonds is 5. The lowest BCUT2D eigenvalue weighted by molar-refractivity contribution is 0.461. The van der Waals surface area contributed by atoms with Crippen LogP contribution in [0.4, 0.5) is 5.00 Å². The number of piperidine rings is 1. The van der Waals surface area contributed by atoms with Crippen molar-refractivity contribution >= 4 is 33.9 Å². The molecule has 2 N–H and O–H groups in total. The van der Waals surface area contributed by atoms with E-state index in [2.05, 4.69) is 50.2 Å². The summed E-state index contributed by atoms with van der Waals surface area (Å²) in [5.74, 6) is 0.921. The summed E-state index contributed by atoms with van der Waals surface area (Å²) in [7, 11) is 1.86.